The maximum atomic E-state index is 16.3. The third kappa shape index (κ3) is 8.42. The predicted octanol–water partition coefficient (Wildman–Crippen LogP) is 8.45. The van der Waals surface area contributed by atoms with Crippen LogP contribution in [-0.4, -0.2) is 84.2 Å². The van der Waals surface area contributed by atoms with Crippen molar-refractivity contribution in [2.45, 2.75) is 102 Å². The number of ether oxygens (including phenoxy) is 1. The van der Waals surface area contributed by atoms with E-state index in [4.69, 9.17) is 27.9 Å². The average molecular weight is 974 g/mol. The standard InChI is InChI=1S/C54H55Cl2FN6O6/c1-52(2,3)27-43-54(29-58-40-25-33(55)15-16-37(40)54)45(35-10-6-11-38(56)46(35)57)47(60-43)49(66)59-39-17-13-31(24-42(39)69-4)50(67)62-22-7-20-53(21-23-62)26-32(53)14-12-30-8-5-9-34-36(30)28-63(51(34)68)41-18-19-44(64)61-48(41)65/h5-6,8-11,13,15-17,24-25,32,41,43,45,47,58,60H,7,18-23,26-29H2,1-4H3,(H,59,66)(H,61,64,65)/t32-,41-,43+,45+,47-,53?,54+/m1/s1. The maximum absolute atomic E-state index is 16.3. The van der Waals surface area contributed by atoms with Gasteiger partial charge in [0.2, 0.25) is 17.7 Å². The van der Waals surface area contributed by atoms with E-state index in [1.807, 2.05) is 35.2 Å². The number of anilines is 2. The van der Waals surface area contributed by atoms with Gasteiger partial charge in [0.05, 0.1) is 23.9 Å². The number of carbonyl (C=O) groups is 5. The molecule has 3 saturated heterocycles. The van der Waals surface area contributed by atoms with E-state index < -0.39 is 35.1 Å². The number of fused-ring (bicyclic) bond motifs is 3. The zero-order chi connectivity index (χ0) is 48.6. The van der Waals surface area contributed by atoms with Crippen LogP contribution >= 0.6 is 23.2 Å². The molecule has 10 rings (SSSR count). The van der Waals surface area contributed by atoms with Crippen molar-refractivity contribution in [2.24, 2.45) is 16.7 Å². The maximum Gasteiger partial charge on any atom is 0.255 e. The van der Waals surface area contributed by atoms with E-state index >= 15 is 4.39 Å². The number of likely N-dealkylation sites (tertiary alicyclic amines) is 1. The number of halogens is 3. The van der Waals surface area contributed by atoms with Crippen molar-refractivity contribution in [3.63, 3.8) is 0 Å². The fourth-order valence-electron chi connectivity index (χ4n) is 12.0. The second-order valence-electron chi connectivity index (χ2n) is 20.8. The summed E-state index contributed by atoms with van der Waals surface area (Å²) in [5.74, 6) is 4.59. The first-order chi connectivity index (χ1) is 33.0. The minimum atomic E-state index is -0.895. The van der Waals surface area contributed by atoms with Crippen LogP contribution in [0, 0.1) is 34.4 Å². The molecule has 15 heteroatoms. The molecule has 4 aromatic rings. The number of nitrogens with one attached hydrogen (secondary N) is 4. The molecule has 4 fully saturated rings. The quantitative estimate of drug-likeness (QED) is 0.107. The minimum absolute atomic E-state index is 0.00528. The monoisotopic (exact) mass is 972 g/mol. The second kappa shape index (κ2) is 17.8. The number of benzene rings is 4. The fourth-order valence-corrected chi connectivity index (χ4v) is 12.3. The van der Waals surface area contributed by atoms with Gasteiger partial charge in [-0.25, -0.2) is 4.39 Å². The summed E-state index contributed by atoms with van der Waals surface area (Å²) in [5, 5.41) is 13.2. The van der Waals surface area contributed by atoms with Crippen LogP contribution < -0.4 is 26.0 Å². The molecule has 358 valence electrons. The largest absolute Gasteiger partial charge is 0.495 e. The van der Waals surface area contributed by atoms with E-state index in [1.54, 1.807) is 41.3 Å². The van der Waals surface area contributed by atoms with Crippen molar-refractivity contribution in [1.29, 1.82) is 0 Å². The van der Waals surface area contributed by atoms with E-state index in [1.165, 1.54) is 13.2 Å². The summed E-state index contributed by atoms with van der Waals surface area (Å²) in [7, 11) is 1.50. The zero-order valence-electron chi connectivity index (χ0n) is 39.1. The topological polar surface area (TPSA) is 149 Å². The molecule has 1 unspecified atom stereocenters. The summed E-state index contributed by atoms with van der Waals surface area (Å²) < 4.78 is 22.2. The first kappa shape index (κ1) is 46.8. The molecule has 5 heterocycles. The molecule has 12 nitrogen and oxygen atoms in total. The van der Waals surface area contributed by atoms with Crippen LogP contribution in [0.5, 0.6) is 5.75 Å². The van der Waals surface area contributed by atoms with E-state index in [9.17, 15) is 24.0 Å². The van der Waals surface area contributed by atoms with E-state index in [-0.39, 0.29) is 64.4 Å². The molecule has 4 aromatic carbocycles. The average Bonchev–Trinajstić information content (AvgIpc) is 3.63. The normalized spacial score (nSPS) is 27.0. The number of hydrogen-bond acceptors (Lipinski definition) is 8. The summed E-state index contributed by atoms with van der Waals surface area (Å²) in [4.78, 5) is 70.2. The number of nitrogens with zero attached hydrogens (tertiary/aromatic N) is 2. The van der Waals surface area contributed by atoms with Gasteiger partial charge < -0.3 is 30.5 Å². The van der Waals surface area contributed by atoms with Gasteiger partial charge in [-0.2, -0.15) is 0 Å². The Morgan fingerprint density at radius 1 is 1.00 bits per heavy atom. The summed E-state index contributed by atoms with van der Waals surface area (Å²) in [6, 6.07) is 19.3. The van der Waals surface area contributed by atoms with Crippen molar-refractivity contribution < 1.29 is 33.1 Å². The third-order valence-corrected chi connectivity index (χ3v) is 16.0. The molecule has 5 amide bonds. The van der Waals surface area contributed by atoms with E-state index in [0.717, 1.165) is 48.1 Å². The van der Waals surface area contributed by atoms with Gasteiger partial charge in [-0.1, -0.05) is 80.1 Å². The highest BCUT2D eigenvalue weighted by Crippen LogP contribution is 2.59. The lowest BCUT2D eigenvalue weighted by atomic mass is 9.63. The van der Waals surface area contributed by atoms with Gasteiger partial charge in [-0.05, 0) is 115 Å². The third-order valence-electron chi connectivity index (χ3n) is 15.5. The first-order valence-electron chi connectivity index (χ1n) is 23.8. The highest BCUT2D eigenvalue weighted by atomic mass is 35.5. The van der Waals surface area contributed by atoms with Crippen molar-refractivity contribution >= 4 is 64.1 Å². The van der Waals surface area contributed by atoms with Crippen molar-refractivity contribution in [3.8, 4) is 17.6 Å². The summed E-state index contributed by atoms with van der Waals surface area (Å²) in [6.45, 7) is 8.30. The minimum Gasteiger partial charge on any atom is -0.495 e. The molecule has 0 radical (unpaired) electrons. The lowest BCUT2D eigenvalue weighted by molar-refractivity contribution is -0.137. The molecule has 6 aliphatic rings. The summed E-state index contributed by atoms with van der Waals surface area (Å²) >= 11 is 12.9. The van der Waals surface area contributed by atoms with Crippen LogP contribution in [0.25, 0.3) is 0 Å². The smallest absolute Gasteiger partial charge is 0.255 e. The summed E-state index contributed by atoms with van der Waals surface area (Å²) in [5.41, 5.74) is 4.13. The predicted molar refractivity (Wildman–Crippen MR) is 262 cm³/mol. The van der Waals surface area contributed by atoms with Crippen molar-refractivity contribution in [1.82, 2.24) is 20.4 Å². The Balaban J connectivity index is 0.840. The van der Waals surface area contributed by atoms with Gasteiger partial charge in [0, 0.05) is 83.3 Å². The SMILES string of the molecule is COc1cc(C(=O)N2CCCC3(CC2)C[C@H]3C#Cc2cccc3c2CN([C@@H]2CCC(=O)NC2=O)C3=O)ccc1NC(=O)[C@@H]1N[C@@H](CC(C)(C)C)[C@@]2(CNc3cc(Cl)ccc32)[C@H]1c1cccc(Cl)c1F. The van der Waals surface area contributed by atoms with Gasteiger partial charge in [0.1, 0.15) is 17.6 Å². The second-order valence-corrected chi connectivity index (χ2v) is 21.7. The number of piperidine rings is 1. The molecule has 1 saturated carbocycles. The number of imide groups is 1. The van der Waals surface area contributed by atoms with Gasteiger partial charge in [0.15, 0.2) is 0 Å². The summed E-state index contributed by atoms with van der Waals surface area (Å²) in [6.07, 6.45) is 4.64. The Labute approximate surface area is 411 Å². The Morgan fingerprint density at radius 2 is 1.81 bits per heavy atom. The molecular formula is C54H55Cl2FN6O6. The van der Waals surface area contributed by atoms with Crippen LogP contribution in [-0.2, 0) is 26.3 Å². The van der Waals surface area contributed by atoms with Crippen LogP contribution in [0.2, 0.25) is 10.0 Å². The Bertz CT molecular complexity index is 2890. The van der Waals surface area contributed by atoms with Crippen molar-refractivity contribution in [3.05, 3.63) is 122 Å². The molecule has 2 spiro atoms. The number of carbonyl (C=O) groups excluding carboxylic acids is 5. The van der Waals surface area contributed by atoms with Gasteiger partial charge >= 0.3 is 0 Å². The fraction of sp³-hybridized carbons (Fsp3) is 0.426. The lowest BCUT2D eigenvalue weighted by Gasteiger charge is -2.39. The van der Waals surface area contributed by atoms with Gasteiger partial charge in [-0.15, -0.1) is 0 Å². The molecule has 7 atom stereocenters. The van der Waals surface area contributed by atoms with Gasteiger partial charge in [-0.3, -0.25) is 29.3 Å². The molecule has 69 heavy (non-hydrogen) atoms. The van der Waals surface area contributed by atoms with Crippen LogP contribution in [0.4, 0.5) is 15.8 Å². The highest BCUT2D eigenvalue weighted by Gasteiger charge is 2.62. The van der Waals surface area contributed by atoms with Crippen LogP contribution in [0.1, 0.15) is 115 Å². The number of amides is 5. The first-order valence-corrected chi connectivity index (χ1v) is 24.6. The Morgan fingerprint density at radius 3 is 2.59 bits per heavy atom. The van der Waals surface area contributed by atoms with Crippen molar-refractivity contribution in [2.75, 3.05) is 37.4 Å². The Kier molecular flexibility index (Phi) is 12.1. The number of methoxy groups -OCH3 is 1. The molecule has 1 aliphatic carbocycles. The van der Waals surface area contributed by atoms with Crippen LogP contribution in [0.15, 0.2) is 72.8 Å². The van der Waals surface area contributed by atoms with E-state index in [2.05, 4.69) is 53.9 Å². The van der Waals surface area contributed by atoms with E-state index in [0.29, 0.717) is 65.6 Å². The molecule has 5 aliphatic heterocycles. The lowest BCUT2D eigenvalue weighted by Crippen LogP contribution is -2.52. The molecule has 0 aromatic heterocycles. The number of rotatable bonds is 7. The molecule has 0 bridgehead atoms. The zero-order valence-corrected chi connectivity index (χ0v) is 40.6. The molecule has 4 N–H and O–H groups in total. The number of hydrogen-bond donors (Lipinski definition) is 4. The van der Waals surface area contributed by atoms with Gasteiger partial charge in [0.25, 0.3) is 11.8 Å². The Hall–Kier alpha value is -5.94. The van der Waals surface area contributed by atoms with Crippen LogP contribution in [0.3, 0.4) is 0 Å². The molecular weight excluding hydrogens is 919 g/mol. The highest BCUT2D eigenvalue weighted by molar-refractivity contribution is 6.31.